The van der Waals surface area contributed by atoms with Crippen molar-refractivity contribution in [1.82, 2.24) is 4.90 Å². The third-order valence-corrected chi connectivity index (χ3v) is 4.90. The van der Waals surface area contributed by atoms with Gasteiger partial charge < -0.3 is 14.1 Å². The second kappa shape index (κ2) is 5.95. The number of morpholine rings is 1. The van der Waals surface area contributed by atoms with E-state index in [1.54, 1.807) is 0 Å². The van der Waals surface area contributed by atoms with Crippen LogP contribution in [-0.4, -0.2) is 36.6 Å². The van der Waals surface area contributed by atoms with E-state index in [0.717, 1.165) is 33.7 Å². The molecule has 124 valence electrons. The molecule has 1 aliphatic heterocycles. The maximum atomic E-state index is 13.0. The average Bonchev–Trinajstić information content (AvgIpc) is 2.98. The largest absolute Gasteiger partial charge is 0.450 e. The van der Waals surface area contributed by atoms with Gasteiger partial charge in [0.05, 0.1) is 12.7 Å². The number of fused-ring (bicyclic) bond motifs is 3. The highest BCUT2D eigenvalue weighted by atomic mass is 16.5. The first kappa shape index (κ1) is 15.2. The predicted molar refractivity (Wildman–Crippen MR) is 94.4 cm³/mol. The van der Waals surface area contributed by atoms with E-state index < -0.39 is 0 Å². The highest BCUT2D eigenvalue weighted by Gasteiger charge is 2.28. The summed E-state index contributed by atoms with van der Waals surface area (Å²) >= 11 is 0. The molecule has 2 heterocycles. The number of furan rings is 1. The third-order valence-electron chi connectivity index (χ3n) is 4.90. The van der Waals surface area contributed by atoms with Crippen LogP contribution in [0.2, 0.25) is 0 Å². The van der Waals surface area contributed by atoms with Gasteiger partial charge in [-0.2, -0.15) is 0 Å². The Labute approximate surface area is 141 Å². The number of rotatable bonds is 2. The lowest BCUT2D eigenvalue weighted by molar-refractivity contribution is -0.0235. The molecule has 0 bridgehead atoms. The number of benzene rings is 2. The molecular formula is C20H21NO3. The Morgan fingerprint density at radius 2 is 2.04 bits per heavy atom. The van der Waals surface area contributed by atoms with Crippen LogP contribution in [0.4, 0.5) is 0 Å². The summed E-state index contributed by atoms with van der Waals surface area (Å²) < 4.78 is 11.7. The van der Waals surface area contributed by atoms with Gasteiger partial charge in [0.15, 0.2) is 5.76 Å². The van der Waals surface area contributed by atoms with Gasteiger partial charge in [0.1, 0.15) is 5.58 Å². The zero-order chi connectivity index (χ0) is 16.7. The number of hydrogen-bond donors (Lipinski definition) is 0. The number of carbonyl (C=O) groups is 1. The van der Waals surface area contributed by atoms with Crippen LogP contribution in [0.15, 0.2) is 40.8 Å². The van der Waals surface area contributed by atoms with Crippen LogP contribution in [0.3, 0.4) is 0 Å². The molecule has 0 radical (unpaired) electrons. The fraction of sp³-hybridized carbons (Fsp3) is 0.350. The molecule has 0 N–H and O–H groups in total. The summed E-state index contributed by atoms with van der Waals surface area (Å²) in [5.74, 6) is 0.424. The minimum atomic E-state index is -0.0328. The topological polar surface area (TPSA) is 42.7 Å². The van der Waals surface area contributed by atoms with Gasteiger partial charge >= 0.3 is 0 Å². The van der Waals surface area contributed by atoms with Crippen molar-refractivity contribution in [3.63, 3.8) is 0 Å². The molecular weight excluding hydrogens is 302 g/mol. The zero-order valence-corrected chi connectivity index (χ0v) is 14.0. The lowest BCUT2D eigenvalue weighted by Gasteiger charge is -2.32. The molecule has 4 rings (SSSR count). The maximum absolute atomic E-state index is 13.0. The van der Waals surface area contributed by atoms with E-state index in [9.17, 15) is 4.79 Å². The van der Waals surface area contributed by atoms with Crippen LogP contribution in [0.25, 0.3) is 21.7 Å². The Balaban J connectivity index is 1.78. The van der Waals surface area contributed by atoms with Gasteiger partial charge in [-0.25, -0.2) is 0 Å². The standard InChI is InChI=1S/C20H21NO3/c1-3-15-12-21(10-11-23-15)20(22)18-13(2)16-9-8-14-6-4-5-7-17(14)19(16)24-18/h4-9,15H,3,10-12H2,1-2H3. The summed E-state index contributed by atoms with van der Waals surface area (Å²) in [4.78, 5) is 14.8. The van der Waals surface area contributed by atoms with Crippen LogP contribution in [0.5, 0.6) is 0 Å². The number of ether oxygens (including phenoxy) is 1. The van der Waals surface area contributed by atoms with E-state index in [2.05, 4.69) is 19.1 Å². The van der Waals surface area contributed by atoms with Gasteiger partial charge in [0, 0.05) is 29.4 Å². The van der Waals surface area contributed by atoms with E-state index >= 15 is 0 Å². The van der Waals surface area contributed by atoms with Crippen molar-refractivity contribution in [3.05, 3.63) is 47.7 Å². The Bertz CT molecular complexity index is 912. The van der Waals surface area contributed by atoms with Gasteiger partial charge in [-0.15, -0.1) is 0 Å². The summed E-state index contributed by atoms with van der Waals surface area (Å²) in [5, 5.41) is 3.18. The van der Waals surface area contributed by atoms with Crippen molar-refractivity contribution >= 4 is 27.6 Å². The van der Waals surface area contributed by atoms with Gasteiger partial charge in [0.25, 0.3) is 5.91 Å². The van der Waals surface area contributed by atoms with Crippen LogP contribution in [0.1, 0.15) is 29.5 Å². The van der Waals surface area contributed by atoms with Crippen molar-refractivity contribution < 1.29 is 13.9 Å². The van der Waals surface area contributed by atoms with Crippen molar-refractivity contribution in [2.45, 2.75) is 26.4 Å². The van der Waals surface area contributed by atoms with Gasteiger partial charge in [-0.3, -0.25) is 4.79 Å². The SMILES string of the molecule is CCC1CN(C(=O)c2oc3c(ccc4ccccc43)c2C)CCO1. The molecule has 1 aromatic heterocycles. The summed E-state index contributed by atoms with van der Waals surface area (Å²) in [6.45, 7) is 5.88. The summed E-state index contributed by atoms with van der Waals surface area (Å²) in [5.41, 5.74) is 1.72. The lowest BCUT2D eigenvalue weighted by atomic mass is 10.1. The Morgan fingerprint density at radius 1 is 1.21 bits per heavy atom. The Hall–Kier alpha value is -2.33. The normalized spacial score (nSPS) is 18.4. The highest BCUT2D eigenvalue weighted by molar-refractivity contribution is 6.08. The number of amides is 1. The smallest absolute Gasteiger partial charge is 0.290 e. The first-order valence-corrected chi connectivity index (χ1v) is 8.50. The van der Waals surface area contributed by atoms with Crippen LogP contribution < -0.4 is 0 Å². The predicted octanol–water partition coefficient (Wildman–Crippen LogP) is 4.15. The summed E-state index contributed by atoms with van der Waals surface area (Å²) in [6.07, 6.45) is 1.03. The fourth-order valence-corrected chi connectivity index (χ4v) is 3.45. The molecule has 0 aliphatic carbocycles. The minimum Gasteiger partial charge on any atom is -0.450 e. The minimum absolute atomic E-state index is 0.0328. The molecule has 3 aromatic rings. The van der Waals surface area contributed by atoms with E-state index in [4.69, 9.17) is 9.15 Å². The molecule has 4 nitrogen and oxygen atoms in total. The van der Waals surface area contributed by atoms with E-state index in [1.165, 1.54) is 0 Å². The molecule has 0 saturated carbocycles. The second-order valence-corrected chi connectivity index (χ2v) is 6.37. The van der Waals surface area contributed by atoms with E-state index in [-0.39, 0.29) is 12.0 Å². The van der Waals surface area contributed by atoms with Crippen molar-refractivity contribution in [3.8, 4) is 0 Å². The molecule has 24 heavy (non-hydrogen) atoms. The van der Waals surface area contributed by atoms with Gasteiger partial charge in [0.2, 0.25) is 0 Å². The third kappa shape index (κ3) is 2.38. The summed E-state index contributed by atoms with van der Waals surface area (Å²) in [6, 6.07) is 12.2. The number of carbonyl (C=O) groups excluding carboxylic acids is 1. The molecule has 4 heteroatoms. The quantitative estimate of drug-likeness (QED) is 0.711. The van der Waals surface area contributed by atoms with Crippen LogP contribution in [0, 0.1) is 6.92 Å². The monoisotopic (exact) mass is 323 g/mol. The second-order valence-electron chi connectivity index (χ2n) is 6.37. The van der Waals surface area contributed by atoms with E-state index in [0.29, 0.717) is 25.5 Å². The molecule has 1 saturated heterocycles. The number of nitrogens with zero attached hydrogens (tertiary/aromatic N) is 1. The molecule has 2 aromatic carbocycles. The Morgan fingerprint density at radius 3 is 2.88 bits per heavy atom. The van der Waals surface area contributed by atoms with Crippen LogP contribution in [-0.2, 0) is 4.74 Å². The molecule has 0 spiro atoms. The van der Waals surface area contributed by atoms with Crippen LogP contribution >= 0.6 is 0 Å². The van der Waals surface area contributed by atoms with Crippen molar-refractivity contribution in [2.24, 2.45) is 0 Å². The lowest BCUT2D eigenvalue weighted by Crippen LogP contribution is -2.45. The molecule has 1 unspecified atom stereocenters. The summed E-state index contributed by atoms with van der Waals surface area (Å²) in [7, 11) is 0. The molecule has 1 atom stereocenters. The van der Waals surface area contributed by atoms with Crippen molar-refractivity contribution in [2.75, 3.05) is 19.7 Å². The van der Waals surface area contributed by atoms with Crippen molar-refractivity contribution in [1.29, 1.82) is 0 Å². The zero-order valence-electron chi connectivity index (χ0n) is 14.0. The van der Waals surface area contributed by atoms with E-state index in [1.807, 2.05) is 36.1 Å². The number of aryl methyl sites for hydroxylation is 1. The number of hydrogen-bond acceptors (Lipinski definition) is 3. The first-order valence-electron chi connectivity index (χ1n) is 8.50. The highest BCUT2D eigenvalue weighted by Crippen LogP contribution is 2.32. The maximum Gasteiger partial charge on any atom is 0.290 e. The molecule has 1 fully saturated rings. The fourth-order valence-electron chi connectivity index (χ4n) is 3.45. The first-order chi connectivity index (χ1) is 11.7. The Kier molecular flexibility index (Phi) is 3.77. The average molecular weight is 323 g/mol. The van der Waals surface area contributed by atoms with Gasteiger partial charge in [-0.1, -0.05) is 43.3 Å². The van der Waals surface area contributed by atoms with Gasteiger partial charge in [-0.05, 0) is 18.7 Å². The molecule has 1 aliphatic rings. The molecule has 1 amide bonds.